The van der Waals surface area contributed by atoms with Crippen LogP contribution in [0.3, 0.4) is 0 Å². The van der Waals surface area contributed by atoms with Gasteiger partial charge in [-0.05, 0) is 37.8 Å². The van der Waals surface area contributed by atoms with E-state index in [0.29, 0.717) is 6.61 Å². The Morgan fingerprint density at radius 1 is 1.47 bits per heavy atom. The molecule has 2 unspecified atom stereocenters. The van der Waals surface area contributed by atoms with Gasteiger partial charge in [0.05, 0.1) is 6.04 Å². The van der Waals surface area contributed by atoms with Gasteiger partial charge in [-0.2, -0.15) is 0 Å². The van der Waals surface area contributed by atoms with Crippen LogP contribution < -0.4 is 10.6 Å². The topological polar surface area (TPSA) is 50.4 Å². The van der Waals surface area contributed by atoms with E-state index in [4.69, 9.17) is 4.74 Å². The SMILES string of the molecule is CC1(C(=O)NC2CNc3ccccc3C2)CCCO1. The van der Waals surface area contributed by atoms with Crippen LogP contribution in [-0.2, 0) is 16.0 Å². The lowest BCUT2D eigenvalue weighted by Gasteiger charge is -2.30. The number of benzene rings is 1. The fourth-order valence-electron chi connectivity index (χ4n) is 2.84. The standard InChI is InChI=1S/C15H20N2O2/c1-15(7-4-8-19-15)14(18)17-12-9-11-5-2-3-6-13(11)16-10-12/h2-3,5-6,12,16H,4,7-10H2,1H3,(H,17,18). The van der Waals surface area contributed by atoms with Gasteiger partial charge in [0.2, 0.25) is 0 Å². The van der Waals surface area contributed by atoms with E-state index in [1.165, 1.54) is 11.3 Å². The molecule has 0 saturated carbocycles. The number of nitrogens with one attached hydrogen (secondary N) is 2. The van der Waals surface area contributed by atoms with Crippen LogP contribution in [0.1, 0.15) is 25.3 Å². The van der Waals surface area contributed by atoms with Crippen molar-refractivity contribution in [1.29, 1.82) is 0 Å². The van der Waals surface area contributed by atoms with E-state index in [9.17, 15) is 4.79 Å². The highest BCUT2D eigenvalue weighted by molar-refractivity contribution is 5.85. The largest absolute Gasteiger partial charge is 0.383 e. The average molecular weight is 260 g/mol. The maximum absolute atomic E-state index is 12.3. The summed E-state index contributed by atoms with van der Waals surface area (Å²) in [5.41, 5.74) is 1.81. The zero-order chi connectivity index (χ0) is 13.3. The Morgan fingerprint density at radius 2 is 2.32 bits per heavy atom. The first-order valence-electron chi connectivity index (χ1n) is 6.94. The van der Waals surface area contributed by atoms with Gasteiger partial charge in [-0.25, -0.2) is 0 Å². The molecular formula is C15H20N2O2. The molecule has 1 aromatic carbocycles. The second kappa shape index (κ2) is 4.85. The molecule has 0 spiro atoms. The lowest BCUT2D eigenvalue weighted by molar-refractivity contribution is -0.140. The molecule has 2 N–H and O–H groups in total. The zero-order valence-corrected chi connectivity index (χ0v) is 11.2. The Morgan fingerprint density at radius 3 is 3.11 bits per heavy atom. The maximum Gasteiger partial charge on any atom is 0.252 e. The molecule has 2 heterocycles. The molecule has 1 amide bonds. The predicted molar refractivity (Wildman–Crippen MR) is 74.2 cm³/mol. The number of carbonyl (C=O) groups excluding carboxylic acids is 1. The summed E-state index contributed by atoms with van der Waals surface area (Å²) in [6.45, 7) is 3.36. The number of rotatable bonds is 2. The Bertz CT molecular complexity index is 481. The van der Waals surface area contributed by atoms with Gasteiger partial charge in [-0.3, -0.25) is 4.79 Å². The summed E-state index contributed by atoms with van der Waals surface area (Å²) >= 11 is 0. The smallest absolute Gasteiger partial charge is 0.252 e. The molecular weight excluding hydrogens is 240 g/mol. The Hall–Kier alpha value is -1.55. The van der Waals surface area contributed by atoms with Crippen LogP contribution in [-0.4, -0.2) is 30.7 Å². The van der Waals surface area contributed by atoms with E-state index in [2.05, 4.69) is 22.8 Å². The fourth-order valence-corrected chi connectivity index (χ4v) is 2.84. The fraction of sp³-hybridized carbons (Fsp3) is 0.533. The highest BCUT2D eigenvalue weighted by Crippen LogP contribution is 2.26. The number of para-hydroxylation sites is 1. The van der Waals surface area contributed by atoms with Crippen molar-refractivity contribution < 1.29 is 9.53 Å². The maximum atomic E-state index is 12.3. The number of carbonyl (C=O) groups is 1. The zero-order valence-electron chi connectivity index (χ0n) is 11.2. The van der Waals surface area contributed by atoms with Gasteiger partial charge < -0.3 is 15.4 Å². The molecule has 1 saturated heterocycles. The first-order valence-corrected chi connectivity index (χ1v) is 6.94. The third-order valence-electron chi connectivity index (χ3n) is 4.06. The number of fused-ring (bicyclic) bond motifs is 1. The second-order valence-electron chi connectivity index (χ2n) is 5.60. The van der Waals surface area contributed by atoms with E-state index in [1.54, 1.807) is 0 Å². The van der Waals surface area contributed by atoms with Crippen LogP contribution in [0.5, 0.6) is 0 Å². The summed E-state index contributed by atoms with van der Waals surface area (Å²) in [6.07, 6.45) is 2.66. The van der Waals surface area contributed by atoms with Crippen molar-refractivity contribution in [3.8, 4) is 0 Å². The molecule has 0 bridgehead atoms. The lowest BCUT2D eigenvalue weighted by atomic mass is 9.97. The van der Waals surface area contributed by atoms with Crippen LogP contribution in [0.4, 0.5) is 5.69 Å². The quantitative estimate of drug-likeness (QED) is 0.851. The minimum atomic E-state index is -0.628. The average Bonchev–Trinajstić information content (AvgIpc) is 2.87. The molecule has 3 rings (SSSR count). The molecule has 2 atom stereocenters. The molecule has 19 heavy (non-hydrogen) atoms. The molecule has 4 heteroatoms. The summed E-state index contributed by atoms with van der Waals surface area (Å²) in [7, 11) is 0. The summed E-state index contributed by atoms with van der Waals surface area (Å²) in [5.74, 6) is 0.0242. The third kappa shape index (κ3) is 2.45. The highest BCUT2D eigenvalue weighted by Gasteiger charge is 2.38. The minimum Gasteiger partial charge on any atom is -0.383 e. The van der Waals surface area contributed by atoms with Gasteiger partial charge in [0.15, 0.2) is 0 Å². The number of ether oxygens (including phenoxy) is 1. The molecule has 2 aliphatic heterocycles. The number of hydrogen-bond acceptors (Lipinski definition) is 3. The normalized spacial score (nSPS) is 29.4. The van der Waals surface area contributed by atoms with E-state index in [1.807, 2.05) is 19.1 Å². The monoisotopic (exact) mass is 260 g/mol. The molecule has 0 aliphatic carbocycles. The summed E-state index contributed by atoms with van der Waals surface area (Å²) < 4.78 is 5.58. The first kappa shape index (κ1) is 12.5. The van der Waals surface area contributed by atoms with E-state index in [0.717, 1.165) is 25.8 Å². The molecule has 4 nitrogen and oxygen atoms in total. The number of amides is 1. The molecule has 0 radical (unpaired) electrons. The Labute approximate surface area is 113 Å². The first-order chi connectivity index (χ1) is 9.17. The number of hydrogen-bond donors (Lipinski definition) is 2. The van der Waals surface area contributed by atoms with Crippen LogP contribution in [0, 0.1) is 0 Å². The molecule has 0 aromatic heterocycles. The van der Waals surface area contributed by atoms with Gasteiger partial charge in [-0.15, -0.1) is 0 Å². The highest BCUT2D eigenvalue weighted by atomic mass is 16.5. The van der Waals surface area contributed by atoms with Crippen LogP contribution >= 0.6 is 0 Å². The minimum absolute atomic E-state index is 0.0242. The summed E-state index contributed by atoms with van der Waals surface area (Å²) in [4.78, 5) is 12.3. The van der Waals surface area contributed by atoms with Crippen molar-refractivity contribution in [3.05, 3.63) is 29.8 Å². The van der Waals surface area contributed by atoms with Gasteiger partial charge in [0.25, 0.3) is 5.91 Å². The van der Waals surface area contributed by atoms with Crippen LogP contribution in [0.2, 0.25) is 0 Å². The van der Waals surface area contributed by atoms with E-state index < -0.39 is 5.60 Å². The lowest BCUT2D eigenvalue weighted by Crippen LogP contribution is -2.51. The van der Waals surface area contributed by atoms with Crippen molar-refractivity contribution in [1.82, 2.24) is 5.32 Å². The van der Waals surface area contributed by atoms with Crippen molar-refractivity contribution in [2.75, 3.05) is 18.5 Å². The third-order valence-corrected chi connectivity index (χ3v) is 4.06. The Balaban J connectivity index is 1.64. The van der Waals surface area contributed by atoms with Crippen molar-refractivity contribution in [2.24, 2.45) is 0 Å². The molecule has 1 fully saturated rings. The Kier molecular flexibility index (Phi) is 3.19. The van der Waals surface area contributed by atoms with E-state index in [-0.39, 0.29) is 11.9 Å². The number of anilines is 1. The van der Waals surface area contributed by atoms with Crippen molar-refractivity contribution in [3.63, 3.8) is 0 Å². The molecule has 102 valence electrons. The van der Waals surface area contributed by atoms with E-state index >= 15 is 0 Å². The second-order valence-corrected chi connectivity index (χ2v) is 5.60. The van der Waals surface area contributed by atoms with Crippen molar-refractivity contribution in [2.45, 2.75) is 37.8 Å². The molecule has 1 aromatic rings. The van der Waals surface area contributed by atoms with Crippen LogP contribution in [0.25, 0.3) is 0 Å². The predicted octanol–water partition coefficient (Wildman–Crippen LogP) is 1.71. The van der Waals surface area contributed by atoms with Gasteiger partial charge in [0.1, 0.15) is 5.60 Å². The van der Waals surface area contributed by atoms with Gasteiger partial charge >= 0.3 is 0 Å². The summed E-state index contributed by atoms with van der Waals surface area (Å²) in [6, 6.07) is 8.39. The van der Waals surface area contributed by atoms with Gasteiger partial charge in [-0.1, -0.05) is 18.2 Å². The van der Waals surface area contributed by atoms with Crippen molar-refractivity contribution >= 4 is 11.6 Å². The van der Waals surface area contributed by atoms with Gasteiger partial charge in [0, 0.05) is 18.8 Å². The van der Waals surface area contributed by atoms with Crippen LogP contribution in [0.15, 0.2) is 24.3 Å². The molecule has 2 aliphatic rings. The summed E-state index contributed by atoms with van der Waals surface area (Å²) in [5, 5.41) is 6.48.